The first-order chi connectivity index (χ1) is 17.9. The number of nitrogens with one attached hydrogen (secondary N) is 3. The predicted molar refractivity (Wildman–Crippen MR) is 136 cm³/mol. The summed E-state index contributed by atoms with van der Waals surface area (Å²) in [7, 11) is 0. The van der Waals surface area contributed by atoms with Crippen LogP contribution in [0, 0.1) is 23.7 Å². The third kappa shape index (κ3) is 9.60. The van der Waals surface area contributed by atoms with Crippen LogP contribution in [0.4, 0.5) is 0 Å². The van der Waals surface area contributed by atoms with Gasteiger partial charge in [-0.25, -0.2) is 0 Å². The fourth-order valence-electron chi connectivity index (χ4n) is 5.48. The second-order valence-corrected chi connectivity index (χ2v) is 11.0. The van der Waals surface area contributed by atoms with Gasteiger partial charge in [-0.05, 0) is 37.5 Å². The number of hydrogen-bond donors (Lipinski definition) is 6. The molecule has 2 saturated carbocycles. The van der Waals surface area contributed by atoms with E-state index < -0.39 is 71.9 Å². The summed E-state index contributed by atoms with van der Waals surface area (Å²) < 4.78 is 0. The fraction of sp³-hybridized carbons (Fsp3) is 0.769. The molecule has 0 aliphatic heterocycles. The van der Waals surface area contributed by atoms with E-state index in [0.29, 0.717) is 25.7 Å². The van der Waals surface area contributed by atoms with Gasteiger partial charge in [0.1, 0.15) is 18.1 Å². The number of primary amides is 1. The second-order valence-electron chi connectivity index (χ2n) is 11.0. The van der Waals surface area contributed by atoms with Gasteiger partial charge in [0.25, 0.3) is 0 Å². The molecule has 0 unspecified atom stereocenters. The molecular formula is C26H42N4O8. The van der Waals surface area contributed by atoms with Crippen LogP contribution in [0.1, 0.15) is 84.5 Å². The number of hydrogen-bond acceptors (Lipinski definition) is 6. The summed E-state index contributed by atoms with van der Waals surface area (Å²) in [5.41, 5.74) is 5.39. The molecule has 7 N–H and O–H groups in total. The summed E-state index contributed by atoms with van der Waals surface area (Å²) >= 11 is 0. The standard InChI is InChI=1S/C26H42N4O8/c1-14(2)11-18(22(27)33)28-25(36)20(13-21(31)32)30-24(35)19(12-15-7-4-3-5-8-15)29-23(34)16-9-6-10-17(16)26(37)38/h14-20H,3-13H2,1-2H3,(H2,27,33)(H,28,36)(H,29,34)(H,30,35)(H,31,32)(H,37,38)/t16-,17-,18-,19-,20-/m0/s1. The Balaban J connectivity index is 2.19. The zero-order valence-electron chi connectivity index (χ0n) is 22.2. The predicted octanol–water partition coefficient (Wildman–Crippen LogP) is 0.918. The Morgan fingerprint density at radius 2 is 1.34 bits per heavy atom. The molecular weight excluding hydrogens is 496 g/mol. The van der Waals surface area contributed by atoms with Crippen molar-refractivity contribution in [3.63, 3.8) is 0 Å². The van der Waals surface area contributed by atoms with Crippen LogP contribution in [0.3, 0.4) is 0 Å². The summed E-state index contributed by atoms with van der Waals surface area (Å²) in [4.78, 5) is 74.2. The molecule has 2 aliphatic carbocycles. The normalized spacial score (nSPS) is 22.2. The third-order valence-electron chi connectivity index (χ3n) is 7.48. The molecule has 38 heavy (non-hydrogen) atoms. The summed E-state index contributed by atoms with van der Waals surface area (Å²) in [6, 6.07) is -3.60. The molecule has 12 heteroatoms. The maximum Gasteiger partial charge on any atom is 0.307 e. The van der Waals surface area contributed by atoms with E-state index >= 15 is 0 Å². The number of carbonyl (C=O) groups excluding carboxylic acids is 4. The lowest BCUT2D eigenvalue weighted by molar-refractivity contribution is -0.146. The maximum absolute atomic E-state index is 13.4. The molecule has 2 fully saturated rings. The van der Waals surface area contributed by atoms with Crippen molar-refractivity contribution in [2.45, 2.75) is 103 Å². The van der Waals surface area contributed by atoms with Crippen molar-refractivity contribution in [3.05, 3.63) is 0 Å². The zero-order valence-corrected chi connectivity index (χ0v) is 22.2. The number of carboxylic acid groups (broad SMARTS) is 2. The zero-order chi connectivity index (χ0) is 28.4. The van der Waals surface area contributed by atoms with Crippen molar-refractivity contribution in [2.75, 3.05) is 0 Å². The number of amides is 4. The van der Waals surface area contributed by atoms with Gasteiger partial charge in [0.2, 0.25) is 23.6 Å². The first kappa shape index (κ1) is 31.0. The van der Waals surface area contributed by atoms with E-state index in [2.05, 4.69) is 16.0 Å². The van der Waals surface area contributed by atoms with Crippen molar-refractivity contribution in [1.82, 2.24) is 16.0 Å². The lowest BCUT2D eigenvalue weighted by Gasteiger charge is -2.29. The number of carboxylic acids is 2. The molecule has 0 aromatic rings. The fourth-order valence-corrected chi connectivity index (χ4v) is 5.48. The minimum atomic E-state index is -1.50. The van der Waals surface area contributed by atoms with E-state index in [4.69, 9.17) is 5.73 Å². The van der Waals surface area contributed by atoms with Gasteiger partial charge in [-0.2, -0.15) is 0 Å². The average molecular weight is 539 g/mol. The molecule has 214 valence electrons. The molecule has 0 heterocycles. The highest BCUT2D eigenvalue weighted by molar-refractivity contribution is 5.96. The molecule has 0 radical (unpaired) electrons. The van der Waals surface area contributed by atoms with Crippen LogP contribution in [0.5, 0.6) is 0 Å². The summed E-state index contributed by atoms with van der Waals surface area (Å²) in [6.07, 6.45) is 5.97. The molecule has 0 saturated heterocycles. The van der Waals surface area contributed by atoms with Gasteiger partial charge < -0.3 is 31.9 Å². The van der Waals surface area contributed by atoms with Crippen LogP contribution in [-0.2, 0) is 28.8 Å². The Hall–Kier alpha value is -3.18. The smallest absolute Gasteiger partial charge is 0.307 e. The number of rotatable bonds is 14. The van der Waals surface area contributed by atoms with Crippen molar-refractivity contribution >= 4 is 35.6 Å². The number of nitrogens with two attached hydrogens (primary N) is 1. The van der Waals surface area contributed by atoms with E-state index in [0.717, 1.165) is 32.1 Å². The van der Waals surface area contributed by atoms with Crippen LogP contribution >= 0.6 is 0 Å². The summed E-state index contributed by atoms with van der Waals surface area (Å²) in [5, 5.41) is 26.4. The van der Waals surface area contributed by atoms with E-state index in [1.165, 1.54) is 0 Å². The SMILES string of the molecule is CC(C)C[C@H](NC(=O)[C@H](CC(=O)O)NC(=O)[C@H](CC1CCCCC1)NC(=O)[C@H]1CCC[C@@H]1C(=O)O)C(N)=O. The highest BCUT2D eigenvalue weighted by Crippen LogP contribution is 2.33. The van der Waals surface area contributed by atoms with Crippen LogP contribution in [0.2, 0.25) is 0 Å². The number of carbonyl (C=O) groups is 6. The minimum absolute atomic E-state index is 0.0145. The van der Waals surface area contributed by atoms with Crippen molar-refractivity contribution in [3.8, 4) is 0 Å². The summed E-state index contributed by atoms with van der Waals surface area (Å²) in [6.45, 7) is 3.66. The molecule has 12 nitrogen and oxygen atoms in total. The van der Waals surface area contributed by atoms with Crippen LogP contribution < -0.4 is 21.7 Å². The number of aliphatic carboxylic acids is 2. The Morgan fingerprint density at radius 1 is 0.763 bits per heavy atom. The topological polar surface area (TPSA) is 205 Å². The quantitative estimate of drug-likeness (QED) is 0.187. The van der Waals surface area contributed by atoms with Gasteiger partial charge in [-0.15, -0.1) is 0 Å². The van der Waals surface area contributed by atoms with Gasteiger partial charge in [0, 0.05) is 0 Å². The molecule has 2 rings (SSSR count). The Labute approximate surface area is 222 Å². The third-order valence-corrected chi connectivity index (χ3v) is 7.48. The Bertz CT molecular complexity index is 886. The van der Waals surface area contributed by atoms with Gasteiger partial charge in [-0.3, -0.25) is 28.8 Å². The average Bonchev–Trinajstić information content (AvgIpc) is 3.33. The molecule has 0 bridgehead atoms. The van der Waals surface area contributed by atoms with Crippen LogP contribution in [-0.4, -0.2) is 63.9 Å². The van der Waals surface area contributed by atoms with Gasteiger partial charge >= 0.3 is 11.9 Å². The Kier molecular flexibility index (Phi) is 12.0. The first-order valence-electron chi connectivity index (χ1n) is 13.5. The van der Waals surface area contributed by atoms with Crippen LogP contribution in [0.15, 0.2) is 0 Å². The molecule has 0 aromatic heterocycles. The largest absolute Gasteiger partial charge is 0.481 e. The van der Waals surface area contributed by atoms with E-state index in [1.54, 1.807) is 0 Å². The molecule has 0 spiro atoms. The van der Waals surface area contributed by atoms with Gasteiger partial charge in [0.05, 0.1) is 18.3 Å². The lowest BCUT2D eigenvalue weighted by atomic mass is 9.84. The molecule has 0 aromatic carbocycles. The summed E-state index contributed by atoms with van der Waals surface area (Å²) in [5.74, 6) is -6.73. The van der Waals surface area contributed by atoms with Gasteiger partial charge in [0.15, 0.2) is 0 Å². The van der Waals surface area contributed by atoms with E-state index in [9.17, 15) is 39.0 Å². The van der Waals surface area contributed by atoms with Crippen molar-refractivity contribution in [2.24, 2.45) is 29.4 Å². The maximum atomic E-state index is 13.4. The van der Waals surface area contributed by atoms with Crippen molar-refractivity contribution < 1.29 is 39.0 Å². The second kappa shape index (κ2) is 14.7. The first-order valence-corrected chi connectivity index (χ1v) is 13.5. The van der Waals surface area contributed by atoms with E-state index in [1.807, 2.05) is 13.8 Å². The van der Waals surface area contributed by atoms with E-state index in [-0.39, 0.29) is 18.3 Å². The molecule has 2 aliphatic rings. The molecule has 5 atom stereocenters. The highest BCUT2D eigenvalue weighted by atomic mass is 16.4. The Morgan fingerprint density at radius 3 is 1.89 bits per heavy atom. The van der Waals surface area contributed by atoms with Crippen molar-refractivity contribution in [1.29, 1.82) is 0 Å². The minimum Gasteiger partial charge on any atom is -0.481 e. The highest BCUT2D eigenvalue weighted by Gasteiger charge is 2.40. The molecule has 4 amide bonds. The monoisotopic (exact) mass is 538 g/mol. The van der Waals surface area contributed by atoms with Gasteiger partial charge in [-0.1, -0.05) is 52.4 Å². The van der Waals surface area contributed by atoms with Crippen LogP contribution in [0.25, 0.3) is 0 Å². The lowest BCUT2D eigenvalue weighted by Crippen LogP contribution is -2.57.